The molecular weight excluding hydrogens is 363 g/mol. The Morgan fingerprint density at radius 1 is 1.19 bits per heavy atom. The van der Waals surface area contributed by atoms with Crippen molar-refractivity contribution in [3.8, 4) is 5.69 Å². The maximum atomic E-state index is 13.9. The number of rotatable bonds is 4. The van der Waals surface area contributed by atoms with Crippen LogP contribution in [0, 0.1) is 12.7 Å². The second kappa shape index (κ2) is 6.74. The molecule has 0 fully saturated rings. The van der Waals surface area contributed by atoms with E-state index in [0.29, 0.717) is 21.5 Å². The van der Waals surface area contributed by atoms with Crippen LogP contribution in [-0.2, 0) is 0 Å². The van der Waals surface area contributed by atoms with Crippen molar-refractivity contribution < 1.29 is 4.39 Å². The molecule has 0 saturated carbocycles. The summed E-state index contributed by atoms with van der Waals surface area (Å²) in [6.07, 6.45) is 3.24. The van der Waals surface area contributed by atoms with Gasteiger partial charge in [-0.2, -0.15) is 0 Å². The number of aromatic nitrogens is 3. The fraction of sp³-hybridized carbons (Fsp3) is 0.250. The van der Waals surface area contributed by atoms with E-state index in [4.69, 9.17) is 0 Å². The predicted molar refractivity (Wildman–Crippen MR) is 109 cm³/mol. The summed E-state index contributed by atoms with van der Waals surface area (Å²) in [6, 6.07) is 6.70. The van der Waals surface area contributed by atoms with Crippen LogP contribution in [0.5, 0.6) is 0 Å². The third kappa shape index (κ3) is 2.78. The van der Waals surface area contributed by atoms with E-state index >= 15 is 0 Å². The van der Waals surface area contributed by atoms with E-state index in [2.05, 4.69) is 28.7 Å². The fourth-order valence-corrected chi connectivity index (χ4v) is 4.33. The van der Waals surface area contributed by atoms with Crippen molar-refractivity contribution in [3.63, 3.8) is 0 Å². The average molecular weight is 382 g/mol. The van der Waals surface area contributed by atoms with Gasteiger partial charge in [-0.1, -0.05) is 6.07 Å². The van der Waals surface area contributed by atoms with Crippen molar-refractivity contribution >= 4 is 37.5 Å². The van der Waals surface area contributed by atoms with Crippen LogP contribution in [0.4, 0.5) is 10.1 Å². The van der Waals surface area contributed by atoms with E-state index in [-0.39, 0.29) is 11.4 Å². The van der Waals surface area contributed by atoms with E-state index in [1.165, 1.54) is 28.3 Å². The summed E-state index contributed by atoms with van der Waals surface area (Å²) in [6.45, 7) is 7.59. The highest BCUT2D eigenvalue weighted by Crippen LogP contribution is 2.35. The van der Waals surface area contributed by atoms with Crippen LogP contribution in [0.25, 0.3) is 26.1 Å². The largest absolute Gasteiger partial charge is 0.371 e. The first kappa shape index (κ1) is 17.6. The molecule has 0 aliphatic carbocycles. The molecule has 7 heteroatoms. The Hall–Kier alpha value is -2.80. The second-order valence-corrected chi connectivity index (χ2v) is 7.31. The minimum absolute atomic E-state index is 0.211. The lowest BCUT2D eigenvalue weighted by Gasteiger charge is -2.21. The van der Waals surface area contributed by atoms with Gasteiger partial charge in [0.15, 0.2) is 0 Å². The Morgan fingerprint density at radius 2 is 1.96 bits per heavy atom. The van der Waals surface area contributed by atoms with Gasteiger partial charge in [0.2, 0.25) is 0 Å². The van der Waals surface area contributed by atoms with Crippen molar-refractivity contribution in [2.45, 2.75) is 20.8 Å². The van der Waals surface area contributed by atoms with E-state index in [1.807, 2.05) is 6.07 Å². The minimum atomic E-state index is -0.346. The van der Waals surface area contributed by atoms with E-state index < -0.39 is 0 Å². The SMILES string of the molecule is CCN(CC)c1ccnc2sc3c(=O)n(-c4ccc(C)c(F)c4)cnc3c12. The zero-order chi connectivity index (χ0) is 19.1. The summed E-state index contributed by atoms with van der Waals surface area (Å²) in [4.78, 5) is 25.1. The van der Waals surface area contributed by atoms with Crippen molar-refractivity contribution in [3.05, 3.63) is 58.5 Å². The third-order valence-corrected chi connectivity index (χ3v) is 5.87. The van der Waals surface area contributed by atoms with Crippen LogP contribution in [-0.4, -0.2) is 27.6 Å². The Labute approximate surface area is 159 Å². The number of pyridine rings is 1. The standard InChI is InChI=1S/C20H19FN4OS/c1-4-24(5-2)15-8-9-22-19-16(15)17-18(27-19)20(26)25(11-23-17)13-7-6-12(3)14(21)10-13/h6-11H,4-5H2,1-3H3. The first-order valence-corrected chi connectivity index (χ1v) is 9.67. The highest BCUT2D eigenvalue weighted by Gasteiger charge is 2.18. The number of hydrogen-bond donors (Lipinski definition) is 0. The first-order valence-electron chi connectivity index (χ1n) is 8.85. The number of anilines is 1. The summed E-state index contributed by atoms with van der Waals surface area (Å²) in [5, 5.41) is 0.903. The molecule has 138 valence electrons. The predicted octanol–water partition coefficient (Wildman–Crippen LogP) is 4.29. The lowest BCUT2D eigenvalue weighted by Crippen LogP contribution is -2.22. The molecule has 0 aliphatic rings. The Kier molecular flexibility index (Phi) is 4.39. The molecule has 4 rings (SSSR count). The van der Waals surface area contributed by atoms with Crippen molar-refractivity contribution in [2.75, 3.05) is 18.0 Å². The molecule has 27 heavy (non-hydrogen) atoms. The lowest BCUT2D eigenvalue weighted by atomic mass is 10.2. The van der Waals surface area contributed by atoms with Crippen LogP contribution < -0.4 is 10.5 Å². The molecule has 0 saturated heterocycles. The number of halogens is 1. The first-order chi connectivity index (χ1) is 13.0. The van der Waals surface area contributed by atoms with Crippen molar-refractivity contribution in [1.82, 2.24) is 14.5 Å². The quantitative estimate of drug-likeness (QED) is 0.528. The maximum Gasteiger partial charge on any atom is 0.275 e. The smallest absolute Gasteiger partial charge is 0.275 e. The summed E-state index contributed by atoms with van der Waals surface area (Å²) in [7, 11) is 0. The van der Waals surface area contributed by atoms with Gasteiger partial charge in [-0.05, 0) is 44.5 Å². The summed E-state index contributed by atoms with van der Waals surface area (Å²) in [5.41, 5.74) is 2.47. The Bertz CT molecular complexity index is 1210. The van der Waals surface area contributed by atoms with Gasteiger partial charge in [0.05, 0.1) is 16.8 Å². The monoisotopic (exact) mass is 382 g/mol. The van der Waals surface area contributed by atoms with E-state index in [0.717, 1.165) is 29.0 Å². The van der Waals surface area contributed by atoms with Crippen LogP contribution in [0.15, 0.2) is 41.6 Å². The minimum Gasteiger partial charge on any atom is -0.371 e. The molecule has 3 heterocycles. The fourth-order valence-electron chi connectivity index (χ4n) is 3.28. The van der Waals surface area contributed by atoms with Crippen molar-refractivity contribution in [1.29, 1.82) is 0 Å². The maximum absolute atomic E-state index is 13.9. The molecular formula is C20H19FN4OS. The topological polar surface area (TPSA) is 51.0 Å². The number of fused-ring (bicyclic) bond motifs is 3. The number of aryl methyl sites for hydroxylation is 1. The van der Waals surface area contributed by atoms with Crippen LogP contribution in [0.1, 0.15) is 19.4 Å². The zero-order valence-electron chi connectivity index (χ0n) is 15.4. The summed E-state index contributed by atoms with van der Waals surface area (Å²) < 4.78 is 15.9. The van der Waals surface area contributed by atoms with Gasteiger partial charge in [-0.15, -0.1) is 11.3 Å². The molecule has 0 N–H and O–H groups in total. The van der Waals surface area contributed by atoms with Gasteiger partial charge in [0.25, 0.3) is 5.56 Å². The van der Waals surface area contributed by atoms with Gasteiger partial charge in [-0.3, -0.25) is 9.36 Å². The number of nitrogens with zero attached hydrogens (tertiary/aromatic N) is 4. The number of hydrogen-bond acceptors (Lipinski definition) is 5. The molecule has 0 amide bonds. The highest BCUT2D eigenvalue weighted by atomic mass is 32.1. The molecule has 0 aliphatic heterocycles. The molecule has 5 nitrogen and oxygen atoms in total. The summed E-state index contributed by atoms with van der Waals surface area (Å²) in [5.74, 6) is -0.346. The average Bonchev–Trinajstić information content (AvgIpc) is 3.06. The lowest BCUT2D eigenvalue weighted by molar-refractivity contribution is 0.617. The summed E-state index contributed by atoms with van der Waals surface area (Å²) >= 11 is 1.33. The van der Waals surface area contributed by atoms with Gasteiger partial charge in [0, 0.05) is 19.3 Å². The molecule has 0 unspecified atom stereocenters. The number of thiophene rings is 1. The van der Waals surface area contributed by atoms with Crippen LogP contribution >= 0.6 is 11.3 Å². The molecule has 0 spiro atoms. The molecule has 0 atom stereocenters. The Balaban J connectivity index is 1.99. The van der Waals surface area contributed by atoms with Gasteiger partial charge < -0.3 is 4.90 Å². The number of benzene rings is 1. The second-order valence-electron chi connectivity index (χ2n) is 6.32. The van der Waals surface area contributed by atoms with E-state index in [9.17, 15) is 9.18 Å². The Morgan fingerprint density at radius 3 is 2.67 bits per heavy atom. The molecule has 0 radical (unpaired) electrons. The molecule has 1 aromatic carbocycles. The normalized spacial score (nSPS) is 11.4. The highest BCUT2D eigenvalue weighted by molar-refractivity contribution is 7.25. The van der Waals surface area contributed by atoms with Crippen molar-refractivity contribution in [2.24, 2.45) is 0 Å². The third-order valence-electron chi connectivity index (χ3n) is 4.80. The zero-order valence-corrected chi connectivity index (χ0v) is 16.2. The van der Waals surface area contributed by atoms with Gasteiger partial charge >= 0.3 is 0 Å². The van der Waals surface area contributed by atoms with Crippen LogP contribution in [0.3, 0.4) is 0 Å². The van der Waals surface area contributed by atoms with E-state index in [1.54, 1.807) is 25.3 Å². The van der Waals surface area contributed by atoms with Crippen LogP contribution in [0.2, 0.25) is 0 Å². The molecule has 4 aromatic rings. The van der Waals surface area contributed by atoms with Gasteiger partial charge in [-0.25, -0.2) is 14.4 Å². The molecule has 0 bridgehead atoms. The van der Waals surface area contributed by atoms with Gasteiger partial charge in [0.1, 0.15) is 27.2 Å². The molecule has 3 aromatic heterocycles.